The number of hydrogen-bond donors (Lipinski definition) is 4. The highest BCUT2D eigenvalue weighted by Gasteiger charge is 2.47. The standard InChI is InChI=1S/C23H29ClO6/c1-12(2)14-6-4-13(5-7-14)8-15-9-16(19(29-3)10-17(15)24)22-20(27)21(28)23(30-22)18(26)11-25/h4-7,9-10,12,18,20-23,25-28H,8,11H2,1-3H3/t18-,20+,21+,22-,23+/m0/s1. The van der Waals surface area contributed by atoms with Gasteiger partial charge in [0.05, 0.1) is 13.7 Å². The molecule has 7 heteroatoms. The van der Waals surface area contributed by atoms with Crippen molar-refractivity contribution in [1.82, 2.24) is 0 Å². The predicted molar refractivity (Wildman–Crippen MR) is 114 cm³/mol. The molecule has 2 aromatic carbocycles. The van der Waals surface area contributed by atoms with Crippen LogP contribution >= 0.6 is 11.6 Å². The molecular weight excluding hydrogens is 408 g/mol. The molecular formula is C23H29ClO6. The molecule has 0 spiro atoms. The Morgan fingerprint density at radius 1 is 1.10 bits per heavy atom. The van der Waals surface area contributed by atoms with Gasteiger partial charge in [0, 0.05) is 10.6 Å². The fraction of sp³-hybridized carbons (Fsp3) is 0.478. The second-order valence-electron chi connectivity index (χ2n) is 8.01. The first-order chi connectivity index (χ1) is 14.3. The third-order valence-corrected chi connectivity index (χ3v) is 5.96. The van der Waals surface area contributed by atoms with Gasteiger partial charge in [0.2, 0.25) is 0 Å². The predicted octanol–water partition coefficient (Wildman–Crippen LogP) is 2.58. The second kappa shape index (κ2) is 9.64. The summed E-state index contributed by atoms with van der Waals surface area (Å²) in [7, 11) is 1.48. The first-order valence-corrected chi connectivity index (χ1v) is 10.4. The van der Waals surface area contributed by atoms with Crippen LogP contribution in [-0.2, 0) is 11.2 Å². The maximum atomic E-state index is 10.5. The van der Waals surface area contributed by atoms with E-state index in [2.05, 4.69) is 38.1 Å². The van der Waals surface area contributed by atoms with E-state index in [0.717, 1.165) is 11.1 Å². The maximum absolute atomic E-state index is 10.5. The number of ether oxygens (including phenoxy) is 2. The lowest BCUT2D eigenvalue weighted by molar-refractivity contribution is -0.0823. The van der Waals surface area contributed by atoms with Gasteiger partial charge in [-0.3, -0.25) is 0 Å². The van der Waals surface area contributed by atoms with Gasteiger partial charge in [0.1, 0.15) is 36.3 Å². The summed E-state index contributed by atoms with van der Waals surface area (Å²) in [6, 6.07) is 11.8. The van der Waals surface area contributed by atoms with Crippen molar-refractivity contribution in [2.75, 3.05) is 13.7 Å². The van der Waals surface area contributed by atoms with Crippen LogP contribution in [0.5, 0.6) is 5.75 Å². The van der Waals surface area contributed by atoms with Gasteiger partial charge in [0.15, 0.2) is 0 Å². The van der Waals surface area contributed by atoms with Crippen molar-refractivity contribution >= 4 is 11.6 Å². The van der Waals surface area contributed by atoms with Crippen LogP contribution in [-0.4, -0.2) is 58.6 Å². The molecule has 1 saturated heterocycles. The summed E-state index contributed by atoms with van der Waals surface area (Å²) in [5.41, 5.74) is 3.68. The zero-order chi connectivity index (χ0) is 22.0. The normalized spacial score (nSPS) is 25.0. The molecule has 0 amide bonds. The molecule has 4 N–H and O–H groups in total. The van der Waals surface area contributed by atoms with Gasteiger partial charge < -0.3 is 29.9 Å². The van der Waals surface area contributed by atoms with E-state index in [0.29, 0.717) is 28.7 Å². The molecule has 30 heavy (non-hydrogen) atoms. The lowest BCUT2D eigenvalue weighted by atomic mass is 9.95. The molecule has 0 aliphatic carbocycles. The van der Waals surface area contributed by atoms with Gasteiger partial charge >= 0.3 is 0 Å². The number of rotatable bonds is 7. The van der Waals surface area contributed by atoms with Gasteiger partial charge in [-0.25, -0.2) is 0 Å². The number of benzene rings is 2. The van der Waals surface area contributed by atoms with Crippen LogP contribution in [0, 0.1) is 0 Å². The van der Waals surface area contributed by atoms with E-state index in [-0.39, 0.29) is 0 Å². The van der Waals surface area contributed by atoms with Crippen molar-refractivity contribution in [2.24, 2.45) is 0 Å². The Balaban J connectivity index is 1.92. The van der Waals surface area contributed by atoms with Crippen molar-refractivity contribution in [2.45, 2.75) is 56.7 Å². The number of methoxy groups -OCH3 is 1. The molecule has 1 heterocycles. The van der Waals surface area contributed by atoms with Crippen LogP contribution in [0.1, 0.15) is 48.1 Å². The topological polar surface area (TPSA) is 99.4 Å². The van der Waals surface area contributed by atoms with Crippen molar-refractivity contribution < 1.29 is 29.9 Å². The third kappa shape index (κ3) is 4.64. The van der Waals surface area contributed by atoms with Crippen molar-refractivity contribution in [3.63, 3.8) is 0 Å². The highest BCUT2D eigenvalue weighted by Crippen LogP contribution is 2.41. The van der Waals surface area contributed by atoms with Gasteiger partial charge in [-0.15, -0.1) is 0 Å². The summed E-state index contributed by atoms with van der Waals surface area (Å²) in [5, 5.41) is 40.4. The summed E-state index contributed by atoms with van der Waals surface area (Å²) >= 11 is 6.48. The Hall–Kier alpha value is -1.67. The lowest BCUT2D eigenvalue weighted by Crippen LogP contribution is -2.40. The Morgan fingerprint density at radius 2 is 1.77 bits per heavy atom. The molecule has 0 saturated carbocycles. The zero-order valence-electron chi connectivity index (χ0n) is 17.3. The van der Waals surface area contributed by atoms with Crippen LogP contribution < -0.4 is 4.74 Å². The third-order valence-electron chi connectivity index (χ3n) is 5.61. The Bertz CT molecular complexity index is 854. The summed E-state index contributed by atoms with van der Waals surface area (Å²) in [6.45, 7) is 3.70. The van der Waals surface area contributed by atoms with Gasteiger partial charge in [-0.2, -0.15) is 0 Å². The number of aliphatic hydroxyl groups excluding tert-OH is 4. The van der Waals surface area contributed by atoms with E-state index < -0.39 is 37.1 Å². The Morgan fingerprint density at radius 3 is 2.33 bits per heavy atom. The van der Waals surface area contributed by atoms with Crippen LogP contribution in [0.2, 0.25) is 5.02 Å². The molecule has 0 aromatic heterocycles. The Labute approximate surface area is 181 Å². The fourth-order valence-corrected chi connectivity index (χ4v) is 4.00. The van der Waals surface area contributed by atoms with Crippen LogP contribution in [0.4, 0.5) is 0 Å². The average Bonchev–Trinajstić information content (AvgIpc) is 3.03. The van der Waals surface area contributed by atoms with Crippen molar-refractivity contribution in [3.05, 3.63) is 63.7 Å². The summed E-state index contributed by atoms with van der Waals surface area (Å²) in [5.74, 6) is 0.860. The number of aliphatic hydroxyl groups is 4. The van der Waals surface area contributed by atoms with E-state index in [9.17, 15) is 20.4 Å². The molecule has 164 valence electrons. The van der Waals surface area contributed by atoms with E-state index in [1.165, 1.54) is 12.7 Å². The van der Waals surface area contributed by atoms with E-state index in [1.807, 2.05) is 0 Å². The Kier molecular flexibility index (Phi) is 7.39. The van der Waals surface area contributed by atoms with Crippen molar-refractivity contribution in [3.8, 4) is 5.75 Å². The smallest absolute Gasteiger partial charge is 0.126 e. The molecule has 0 radical (unpaired) electrons. The van der Waals surface area contributed by atoms with Gasteiger partial charge in [0.25, 0.3) is 0 Å². The van der Waals surface area contributed by atoms with Crippen LogP contribution in [0.15, 0.2) is 36.4 Å². The summed E-state index contributed by atoms with van der Waals surface area (Å²) in [4.78, 5) is 0. The van der Waals surface area contributed by atoms with Crippen LogP contribution in [0.25, 0.3) is 0 Å². The monoisotopic (exact) mass is 436 g/mol. The first-order valence-electron chi connectivity index (χ1n) is 10.0. The van der Waals surface area contributed by atoms with Gasteiger partial charge in [-0.05, 0) is 41.2 Å². The quantitative estimate of drug-likeness (QED) is 0.532. The van der Waals surface area contributed by atoms with E-state index in [1.54, 1.807) is 12.1 Å². The fourth-order valence-electron chi connectivity index (χ4n) is 3.78. The molecule has 1 fully saturated rings. The molecule has 2 aromatic rings. The molecule has 0 unspecified atom stereocenters. The molecule has 0 bridgehead atoms. The molecule has 1 aliphatic heterocycles. The lowest BCUT2D eigenvalue weighted by Gasteiger charge is -2.21. The minimum atomic E-state index is -1.34. The number of hydrogen-bond acceptors (Lipinski definition) is 6. The zero-order valence-corrected chi connectivity index (χ0v) is 18.1. The number of halogens is 1. The second-order valence-corrected chi connectivity index (χ2v) is 8.42. The molecule has 5 atom stereocenters. The molecule has 6 nitrogen and oxygen atoms in total. The average molecular weight is 437 g/mol. The highest BCUT2D eigenvalue weighted by atomic mass is 35.5. The first kappa shape index (κ1) is 23.0. The highest BCUT2D eigenvalue weighted by molar-refractivity contribution is 6.31. The molecule has 3 rings (SSSR count). The maximum Gasteiger partial charge on any atom is 0.126 e. The largest absolute Gasteiger partial charge is 0.496 e. The minimum Gasteiger partial charge on any atom is -0.496 e. The SMILES string of the molecule is COc1cc(Cl)c(Cc2ccc(C(C)C)cc2)cc1[C@@H]1O[C@H]([C@@H](O)CO)[C@H](O)[C@H]1O. The summed E-state index contributed by atoms with van der Waals surface area (Å²) in [6.07, 6.45) is -5.41. The van der Waals surface area contributed by atoms with E-state index in [4.69, 9.17) is 21.1 Å². The molecule has 1 aliphatic rings. The summed E-state index contributed by atoms with van der Waals surface area (Å²) < 4.78 is 11.1. The van der Waals surface area contributed by atoms with E-state index >= 15 is 0 Å². The minimum absolute atomic E-state index is 0.411. The van der Waals surface area contributed by atoms with Crippen LogP contribution in [0.3, 0.4) is 0 Å². The van der Waals surface area contributed by atoms with Crippen molar-refractivity contribution in [1.29, 1.82) is 0 Å². The van der Waals surface area contributed by atoms with Gasteiger partial charge in [-0.1, -0.05) is 49.7 Å².